The Balaban J connectivity index is 2.21. The number of aryl methyl sites for hydroxylation is 1. The van der Waals surface area contributed by atoms with E-state index in [1.165, 1.54) is 5.56 Å². The lowest BCUT2D eigenvalue weighted by molar-refractivity contribution is 0.868. The zero-order chi connectivity index (χ0) is 15.0. The summed E-state index contributed by atoms with van der Waals surface area (Å²) in [5.41, 5.74) is 4.30. The first kappa shape index (κ1) is 14.0. The molecule has 0 saturated carbocycles. The second-order valence-corrected chi connectivity index (χ2v) is 5.94. The van der Waals surface area contributed by atoms with E-state index in [0.717, 1.165) is 22.0 Å². The molecule has 106 valence electrons. The maximum Gasteiger partial charge on any atom is 0.161 e. The number of fused-ring (bicyclic) bond motifs is 1. The minimum absolute atomic E-state index is 0.460. The Kier molecular flexibility index (Phi) is 3.64. The van der Waals surface area contributed by atoms with Gasteiger partial charge in [0, 0.05) is 10.9 Å². The predicted octanol–water partition coefficient (Wildman–Crippen LogP) is 5.38. The van der Waals surface area contributed by atoms with Crippen molar-refractivity contribution in [2.75, 3.05) is 0 Å². The Hall–Kier alpha value is -1.93. The molecule has 2 nitrogen and oxygen atoms in total. The normalized spacial score (nSPS) is 11.3. The first-order chi connectivity index (χ1) is 10.1. The first-order valence-corrected chi connectivity index (χ1v) is 7.47. The summed E-state index contributed by atoms with van der Waals surface area (Å²) in [5.74, 6) is 1.14. The molecule has 0 aliphatic heterocycles. The smallest absolute Gasteiger partial charge is 0.161 e. The third-order valence-corrected chi connectivity index (χ3v) is 4.01. The molecule has 0 atom stereocenters. The number of hydrogen-bond acceptors (Lipinski definition) is 2. The van der Waals surface area contributed by atoms with E-state index in [1.54, 1.807) is 0 Å². The molecule has 21 heavy (non-hydrogen) atoms. The van der Waals surface area contributed by atoms with Crippen molar-refractivity contribution >= 4 is 22.5 Å². The van der Waals surface area contributed by atoms with Crippen LogP contribution in [0.4, 0.5) is 0 Å². The Morgan fingerprint density at radius 2 is 1.76 bits per heavy atom. The quantitative estimate of drug-likeness (QED) is 0.593. The predicted molar refractivity (Wildman–Crippen MR) is 88.8 cm³/mol. The molecule has 0 aliphatic rings. The summed E-state index contributed by atoms with van der Waals surface area (Å²) in [6, 6.07) is 14.3. The van der Waals surface area contributed by atoms with Crippen molar-refractivity contribution in [2.24, 2.45) is 0 Å². The van der Waals surface area contributed by atoms with Crippen molar-refractivity contribution in [3.63, 3.8) is 0 Å². The molecular weight excluding hydrogens is 280 g/mol. The Bertz CT molecular complexity index is 809. The van der Waals surface area contributed by atoms with Gasteiger partial charge in [0.1, 0.15) is 5.15 Å². The molecule has 0 fully saturated rings. The zero-order valence-corrected chi connectivity index (χ0v) is 13.1. The summed E-state index contributed by atoms with van der Waals surface area (Å²) in [4.78, 5) is 9.16. The van der Waals surface area contributed by atoms with Crippen molar-refractivity contribution in [1.29, 1.82) is 0 Å². The highest BCUT2D eigenvalue weighted by Gasteiger charge is 2.11. The highest BCUT2D eigenvalue weighted by molar-refractivity contribution is 6.34. The highest BCUT2D eigenvalue weighted by atomic mass is 35.5. The van der Waals surface area contributed by atoms with Crippen molar-refractivity contribution in [1.82, 2.24) is 9.97 Å². The van der Waals surface area contributed by atoms with E-state index in [9.17, 15) is 0 Å². The van der Waals surface area contributed by atoms with Gasteiger partial charge in [-0.15, -0.1) is 0 Å². The van der Waals surface area contributed by atoms with Crippen LogP contribution in [0.5, 0.6) is 0 Å². The van der Waals surface area contributed by atoms with Gasteiger partial charge in [0.05, 0.1) is 5.52 Å². The molecule has 2 aromatic carbocycles. The second kappa shape index (κ2) is 5.45. The van der Waals surface area contributed by atoms with Gasteiger partial charge in [0.2, 0.25) is 0 Å². The van der Waals surface area contributed by atoms with E-state index in [0.29, 0.717) is 16.9 Å². The first-order valence-electron chi connectivity index (χ1n) is 7.09. The molecule has 3 aromatic rings. The SMILES string of the molecule is Cc1ccccc1-c1nc(Cl)c2cc(C(C)C)ccc2n1. The molecule has 0 bridgehead atoms. The van der Waals surface area contributed by atoms with Crippen LogP contribution in [0.15, 0.2) is 42.5 Å². The fourth-order valence-electron chi connectivity index (χ4n) is 2.41. The molecule has 0 radical (unpaired) electrons. The lowest BCUT2D eigenvalue weighted by Crippen LogP contribution is -1.95. The number of hydrogen-bond donors (Lipinski definition) is 0. The monoisotopic (exact) mass is 296 g/mol. The molecule has 0 N–H and O–H groups in total. The molecule has 3 heteroatoms. The van der Waals surface area contributed by atoms with Crippen LogP contribution in [0.2, 0.25) is 5.15 Å². The van der Waals surface area contributed by atoms with Crippen molar-refractivity contribution in [3.8, 4) is 11.4 Å². The summed E-state index contributed by atoms with van der Waals surface area (Å²) >= 11 is 6.39. The van der Waals surface area contributed by atoms with Crippen LogP contribution in [0.1, 0.15) is 30.9 Å². The molecule has 0 spiro atoms. The molecule has 1 heterocycles. The van der Waals surface area contributed by atoms with Crippen molar-refractivity contribution in [2.45, 2.75) is 26.7 Å². The number of benzene rings is 2. The molecule has 0 amide bonds. The minimum Gasteiger partial charge on any atom is -0.228 e. The van der Waals surface area contributed by atoms with Crippen LogP contribution >= 0.6 is 11.6 Å². The standard InChI is InChI=1S/C18H17ClN2/c1-11(2)13-8-9-16-15(10-13)17(19)21-18(20-16)14-7-5-4-6-12(14)3/h4-11H,1-3H3. The summed E-state index contributed by atoms with van der Waals surface area (Å²) in [6.07, 6.45) is 0. The van der Waals surface area contributed by atoms with E-state index in [4.69, 9.17) is 11.6 Å². The lowest BCUT2D eigenvalue weighted by Gasteiger charge is -2.10. The van der Waals surface area contributed by atoms with E-state index >= 15 is 0 Å². The van der Waals surface area contributed by atoms with Crippen LogP contribution in [0.25, 0.3) is 22.3 Å². The molecule has 3 rings (SSSR count). The second-order valence-electron chi connectivity index (χ2n) is 5.58. The summed E-state index contributed by atoms with van der Waals surface area (Å²) in [5, 5.41) is 1.43. The summed E-state index contributed by atoms with van der Waals surface area (Å²) in [6.45, 7) is 6.38. The largest absolute Gasteiger partial charge is 0.228 e. The van der Waals surface area contributed by atoms with Gasteiger partial charge < -0.3 is 0 Å². The zero-order valence-electron chi connectivity index (χ0n) is 12.4. The Labute approximate surface area is 129 Å². The fourth-order valence-corrected chi connectivity index (χ4v) is 2.64. The Morgan fingerprint density at radius 1 is 1.00 bits per heavy atom. The molecular formula is C18H17ClN2. The van der Waals surface area contributed by atoms with Gasteiger partial charge in [-0.25, -0.2) is 9.97 Å². The van der Waals surface area contributed by atoms with Crippen LogP contribution in [-0.2, 0) is 0 Å². The van der Waals surface area contributed by atoms with Gasteiger partial charge in [-0.05, 0) is 36.1 Å². The van der Waals surface area contributed by atoms with E-state index in [2.05, 4.69) is 48.9 Å². The van der Waals surface area contributed by atoms with Crippen molar-refractivity contribution in [3.05, 3.63) is 58.7 Å². The van der Waals surface area contributed by atoms with E-state index in [-0.39, 0.29) is 0 Å². The van der Waals surface area contributed by atoms with Crippen molar-refractivity contribution < 1.29 is 0 Å². The number of rotatable bonds is 2. The number of halogens is 1. The van der Waals surface area contributed by atoms with E-state index in [1.807, 2.05) is 24.3 Å². The van der Waals surface area contributed by atoms with Crippen LogP contribution < -0.4 is 0 Å². The number of aromatic nitrogens is 2. The number of nitrogens with zero attached hydrogens (tertiary/aromatic N) is 2. The highest BCUT2D eigenvalue weighted by Crippen LogP contribution is 2.28. The molecule has 0 saturated heterocycles. The van der Waals surface area contributed by atoms with Gasteiger partial charge in [0.25, 0.3) is 0 Å². The molecule has 0 unspecified atom stereocenters. The molecule has 0 aliphatic carbocycles. The molecule has 1 aromatic heterocycles. The lowest BCUT2D eigenvalue weighted by atomic mass is 10.0. The summed E-state index contributed by atoms with van der Waals surface area (Å²) in [7, 11) is 0. The third-order valence-electron chi connectivity index (χ3n) is 3.73. The summed E-state index contributed by atoms with van der Waals surface area (Å²) < 4.78 is 0. The van der Waals surface area contributed by atoms with Crippen LogP contribution in [0.3, 0.4) is 0 Å². The topological polar surface area (TPSA) is 25.8 Å². The maximum absolute atomic E-state index is 6.39. The van der Waals surface area contributed by atoms with Gasteiger partial charge in [-0.1, -0.05) is 55.8 Å². The van der Waals surface area contributed by atoms with Gasteiger partial charge in [0.15, 0.2) is 5.82 Å². The van der Waals surface area contributed by atoms with Crippen LogP contribution in [0, 0.1) is 6.92 Å². The average Bonchev–Trinajstić information content (AvgIpc) is 2.47. The third kappa shape index (κ3) is 2.64. The Morgan fingerprint density at radius 3 is 2.48 bits per heavy atom. The maximum atomic E-state index is 6.39. The van der Waals surface area contributed by atoms with Crippen LogP contribution in [-0.4, -0.2) is 9.97 Å². The fraction of sp³-hybridized carbons (Fsp3) is 0.222. The minimum atomic E-state index is 0.460. The van der Waals surface area contributed by atoms with Gasteiger partial charge >= 0.3 is 0 Å². The van der Waals surface area contributed by atoms with E-state index < -0.39 is 0 Å². The van der Waals surface area contributed by atoms with Gasteiger partial charge in [-0.2, -0.15) is 0 Å². The van der Waals surface area contributed by atoms with Gasteiger partial charge in [-0.3, -0.25) is 0 Å². The average molecular weight is 297 g/mol.